The van der Waals surface area contributed by atoms with Crippen molar-refractivity contribution in [2.24, 2.45) is 0 Å². The molecule has 0 spiro atoms. The van der Waals surface area contributed by atoms with Gasteiger partial charge in [0.25, 0.3) is 0 Å². The zero-order valence-corrected chi connectivity index (χ0v) is 10.6. The van der Waals surface area contributed by atoms with Gasteiger partial charge in [0.2, 0.25) is 0 Å². The van der Waals surface area contributed by atoms with Crippen molar-refractivity contribution in [2.75, 3.05) is 19.6 Å². The first-order chi connectivity index (χ1) is 8.25. The third kappa shape index (κ3) is 3.95. The highest BCUT2D eigenvalue weighted by Gasteiger charge is 2.12. The lowest BCUT2D eigenvalue weighted by Gasteiger charge is -2.23. The molecule has 0 unspecified atom stereocenters. The number of nitrogens with one attached hydrogen (secondary N) is 2. The third-order valence-corrected chi connectivity index (χ3v) is 3.41. The third-order valence-electron chi connectivity index (χ3n) is 3.17. The van der Waals surface area contributed by atoms with Crippen molar-refractivity contribution in [1.29, 1.82) is 0 Å². The van der Waals surface area contributed by atoms with E-state index < -0.39 is 0 Å². The number of piperidine rings is 1. The van der Waals surface area contributed by atoms with Crippen LogP contribution in [0.3, 0.4) is 0 Å². The van der Waals surface area contributed by atoms with Crippen LogP contribution < -0.4 is 10.6 Å². The Balaban J connectivity index is 1.79. The monoisotopic (exact) mass is 256 g/mol. The highest BCUT2D eigenvalue weighted by molar-refractivity contribution is 6.30. The van der Waals surface area contributed by atoms with Gasteiger partial charge >= 0.3 is 0 Å². The van der Waals surface area contributed by atoms with E-state index in [0.29, 0.717) is 23.0 Å². The maximum absolute atomic E-state index is 13.4. The van der Waals surface area contributed by atoms with Crippen LogP contribution in [0, 0.1) is 5.82 Å². The Hall–Kier alpha value is -0.640. The van der Waals surface area contributed by atoms with Gasteiger partial charge in [-0.1, -0.05) is 11.6 Å². The van der Waals surface area contributed by atoms with Gasteiger partial charge in [-0.2, -0.15) is 0 Å². The maximum Gasteiger partial charge on any atom is 0.126 e. The highest BCUT2D eigenvalue weighted by Crippen LogP contribution is 2.15. The Morgan fingerprint density at radius 3 is 2.88 bits per heavy atom. The van der Waals surface area contributed by atoms with Crippen LogP contribution in [0.25, 0.3) is 0 Å². The van der Waals surface area contributed by atoms with Crippen LogP contribution in [0.1, 0.15) is 18.4 Å². The first-order valence-corrected chi connectivity index (χ1v) is 6.51. The Bertz CT molecular complexity index is 364. The van der Waals surface area contributed by atoms with Crippen LogP contribution in [0.4, 0.5) is 4.39 Å². The Kier molecular flexibility index (Phi) is 4.77. The van der Waals surface area contributed by atoms with Crippen molar-refractivity contribution in [1.82, 2.24) is 10.6 Å². The molecular formula is C13H18ClFN2. The fourth-order valence-electron chi connectivity index (χ4n) is 2.17. The van der Waals surface area contributed by atoms with Crippen molar-refractivity contribution < 1.29 is 4.39 Å². The summed E-state index contributed by atoms with van der Waals surface area (Å²) in [5.74, 6) is -0.165. The molecule has 4 heteroatoms. The predicted octanol–water partition coefficient (Wildman–Crippen LogP) is 2.36. The summed E-state index contributed by atoms with van der Waals surface area (Å²) in [7, 11) is 0. The molecule has 0 radical (unpaired) electrons. The molecule has 1 aliphatic rings. The second-order valence-electron chi connectivity index (χ2n) is 4.46. The van der Waals surface area contributed by atoms with Gasteiger partial charge < -0.3 is 10.6 Å². The van der Waals surface area contributed by atoms with E-state index in [4.69, 9.17) is 11.6 Å². The fourth-order valence-corrected chi connectivity index (χ4v) is 2.37. The first-order valence-electron chi connectivity index (χ1n) is 6.14. The molecule has 0 aromatic heterocycles. The van der Waals surface area contributed by atoms with Crippen LogP contribution in [0.15, 0.2) is 18.2 Å². The quantitative estimate of drug-likeness (QED) is 0.864. The summed E-state index contributed by atoms with van der Waals surface area (Å²) in [4.78, 5) is 0. The minimum Gasteiger partial charge on any atom is -0.317 e. The molecule has 1 aromatic carbocycles. The van der Waals surface area contributed by atoms with Crippen molar-refractivity contribution in [3.8, 4) is 0 Å². The summed E-state index contributed by atoms with van der Waals surface area (Å²) in [6.45, 7) is 2.95. The summed E-state index contributed by atoms with van der Waals surface area (Å²) < 4.78 is 13.4. The minimum absolute atomic E-state index is 0.165. The second-order valence-corrected chi connectivity index (χ2v) is 4.90. The highest BCUT2D eigenvalue weighted by atomic mass is 35.5. The van der Waals surface area contributed by atoms with Gasteiger partial charge in [-0.25, -0.2) is 4.39 Å². The largest absolute Gasteiger partial charge is 0.317 e. The molecule has 1 heterocycles. The first kappa shape index (κ1) is 12.8. The molecule has 0 aliphatic carbocycles. The number of halogens is 2. The number of hydrogen-bond donors (Lipinski definition) is 2. The molecule has 1 saturated heterocycles. The Morgan fingerprint density at radius 2 is 2.12 bits per heavy atom. The van der Waals surface area contributed by atoms with E-state index in [1.165, 1.54) is 6.07 Å². The molecule has 2 rings (SSSR count). The molecule has 2 N–H and O–H groups in total. The smallest absolute Gasteiger partial charge is 0.126 e. The SMILES string of the molecule is Fc1ccc(Cl)cc1CCNC1CCNCC1. The lowest BCUT2D eigenvalue weighted by Crippen LogP contribution is -2.40. The molecular weight excluding hydrogens is 239 g/mol. The fraction of sp³-hybridized carbons (Fsp3) is 0.538. The topological polar surface area (TPSA) is 24.1 Å². The van der Waals surface area contributed by atoms with Crippen LogP contribution in [0.2, 0.25) is 5.02 Å². The van der Waals surface area contributed by atoms with Gasteiger partial charge in [0, 0.05) is 11.1 Å². The second kappa shape index (κ2) is 6.34. The maximum atomic E-state index is 13.4. The summed E-state index contributed by atoms with van der Waals surface area (Å²) in [5, 5.41) is 7.39. The lowest BCUT2D eigenvalue weighted by atomic mass is 10.1. The molecule has 2 nitrogen and oxygen atoms in total. The molecule has 1 aromatic rings. The zero-order valence-electron chi connectivity index (χ0n) is 9.81. The van der Waals surface area contributed by atoms with E-state index in [1.54, 1.807) is 12.1 Å². The normalized spacial score (nSPS) is 17.3. The molecule has 0 bridgehead atoms. The summed E-state index contributed by atoms with van der Waals surface area (Å²) in [6, 6.07) is 5.29. The molecule has 17 heavy (non-hydrogen) atoms. The summed E-state index contributed by atoms with van der Waals surface area (Å²) in [5.41, 5.74) is 0.693. The average molecular weight is 257 g/mol. The molecule has 1 fully saturated rings. The van der Waals surface area contributed by atoms with Gasteiger partial charge in [0.1, 0.15) is 5.82 Å². The summed E-state index contributed by atoms with van der Waals surface area (Å²) >= 11 is 5.85. The Morgan fingerprint density at radius 1 is 1.35 bits per heavy atom. The molecule has 0 amide bonds. The van der Waals surface area contributed by atoms with Crippen LogP contribution >= 0.6 is 11.6 Å². The number of rotatable bonds is 4. The zero-order chi connectivity index (χ0) is 12.1. The van der Waals surface area contributed by atoms with Crippen molar-refractivity contribution in [2.45, 2.75) is 25.3 Å². The van der Waals surface area contributed by atoms with E-state index in [-0.39, 0.29) is 5.82 Å². The van der Waals surface area contributed by atoms with Gasteiger partial charge in [-0.3, -0.25) is 0 Å². The average Bonchev–Trinajstić information content (AvgIpc) is 2.35. The van der Waals surface area contributed by atoms with E-state index >= 15 is 0 Å². The van der Waals surface area contributed by atoms with Gasteiger partial charge in [-0.05, 0) is 62.7 Å². The van der Waals surface area contributed by atoms with Crippen molar-refractivity contribution >= 4 is 11.6 Å². The molecule has 94 valence electrons. The van der Waals surface area contributed by atoms with Gasteiger partial charge in [0.15, 0.2) is 0 Å². The molecule has 1 aliphatic heterocycles. The molecule has 0 atom stereocenters. The van der Waals surface area contributed by atoms with E-state index in [9.17, 15) is 4.39 Å². The standard InChI is InChI=1S/C13H18ClFN2/c14-11-1-2-13(15)10(9-11)3-8-17-12-4-6-16-7-5-12/h1-2,9,12,16-17H,3-8H2. The Labute approximate surface area is 107 Å². The predicted molar refractivity (Wildman–Crippen MR) is 69.0 cm³/mol. The van der Waals surface area contributed by atoms with E-state index in [0.717, 1.165) is 32.5 Å². The van der Waals surface area contributed by atoms with Gasteiger partial charge in [0.05, 0.1) is 0 Å². The van der Waals surface area contributed by atoms with Crippen LogP contribution in [-0.4, -0.2) is 25.7 Å². The summed E-state index contributed by atoms with van der Waals surface area (Å²) in [6.07, 6.45) is 2.99. The van der Waals surface area contributed by atoms with Crippen molar-refractivity contribution in [3.63, 3.8) is 0 Å². The van der Waals surface area contributed by atoms with Crippen molar-refractivity contribution in [3.05, 3.63) is 34.6 Å². The van der Waals surface area contributed by atoms with E-state index in [1.807, 2.05) is 0 Å². The minimum atomic E-state index is -0.165. The van der Waals surface area contributed by atoms with Gasteiger partial charge in [-0.15, -0.1) is 0 Å². The van der Waals surface area contributed by atoms with Crippen LogP contribution in [-0.2, 0) is 6.42 Å². The lowest BCUT2D eigenvalue weighted by molar-refractivity contribution is 0.389. The van der Waals surface area contributed by atoms with E-state index in [2.05, 4.69) is 10.6 Å². The van der Waals surface area contributed by atoms with Crippen LogP contribution in [0.5, 0.6) is 0 Å². The number of benzene rings is 1. The molecule has 0 saturated carbocycles. The number of hydrogen-bond acceptors (Lipinski definition) is 2.